The van der Waals surface area contributed by atoms with E-state index in [4.69, 9.17) is 5.73 Å². The van der Waals surface area contributed by atoms with Gasteiger partial charge in [-0.25, -0.2) is 0 Å². The summed E-state index contributed by atoms with van der Waals surface area (Å²) in [4.78, 5) is 14.0. The lowest BCUT2D eigenvalue weighted by Crippen LogP contribution is -2.36. The van der Waals surface area contributed by atoms with Crippen LogP contribution < -0.4 is 10.6 Å². The summed E-state index contributed by atoms with van der Waals surface area (Å²) < 4.78 is 0. The van der Waals surface area contributed by atoms with Gasteiger partial charge in [0.2, 0.25) is 5.91 Å². The Kier molecular flexibility index (Phi) is 5.16. The van der Waals surface area contributed by atoms with Crippen molar-refractivity contribution < 1.29 is 4.79 Å². The highest BCUT2D eigenvalue weighted by Crippen LogP contribution is 2.21. The van der Waals surface area contributed by atoms with Crippen molar-refractivity contribution in [3.8, 4) is 0 Å². The third-order valence-electron chi connectivity index (χ3n) is 2.75. The smallest absolute Gasteiger partial charge is 0.229 e. The Labute approximate surface area is 104 Å². The van der Waals surface area contributed by atoms with Crippen LogP contribution in [0.25, 0.3) is 0 Å². The highest BCUT2D eigenvalue weighted by Gasteiger charge is 2.19. The van der Waals surface area contributed by atoms with Crippen LogP contribution in [-0.2, 0) is 4.79 Å². The minimum Gasteiger partial charge on any atom is -0.330 e. The fourth-order valence-corrected chi connectivity index (χ4v) is 1.78. The van der Waals surface area contributed by atoms with E-state index in [2.05, 4.69) is 0 Å². The Balaban J connectivity index is 2.98. The molecular formula is C14H22N2O. The van der Waals surface area contributed by atoms with Crippen molar-refractivity contribution in [2.24, 2.45) is 11.7 Å². The fourth-order valence-electron chi connectivity index (χ4n) is 1.78. The van der Waals surface area contributed by atoms with Crippen LogP contribution in [0.4, 0.5) is 5.69 Å². The second-order valence-electron chi connectivity index (χ2n) is 4.57. The van der Waals surface area contributed by atoms with Gasteiger partial charge in [-0.2, -0.15) is 0 Å². The lowest BCUT2D eigenvalue weighted by molar-refractivity contribution is -0.121. The van der Waals surface area contributed by atoms with E-state index in [-0.39, 0.29) is 11.8 Å². The molecule has 0 aliphatic carbocycles. The first-order valence-corrected chi connectivity index (χ1v) is 6.15. The van der Waals surface area contributed by atoms with Gasteiger partial charge in [0.05, 0.1) is 0 Å². The minimum absolute atomic E-state index is 0.00683. The van der Waals surface area contributed by atoms with Crippen LogP contribution in [0.2, 0.25) is 0 Å². The van der Waals surface area contributed by atoms with Crippen molar-refractivity contribution >= 4 is 11.6 Å². The Morgan fingerprint density at radius 1 is 1.35 bits per heavy atom. The molecule has 2 N–H and O–H groups in total. The first-order valence-electron chi connectivity index (χ1n) is 6.15. The number of rotatable bonds is 5. The van der Waals surface area contributed by atoms with Crippen LogP contribution in [0.1, 0.15) is 25.8 Å². The van der Waals surface area contributed by atoms with Gasteiger partial charge >= 0.3 is 0 Å². The van der Waals surface area contributed by atoms with E-state index in [1.807, 2.05) is 49.9 Å². The maximum absolute atomic E-state index is 12.2. The summed E-state index contributed by atoms with van der Waals surface area (Å²) in [5, 5.41) is 0. The topological polar surface area (TPSA) is 46.3 Å². The number of benzene rings is 1. The molecular weight excluding hydrogens is 212 g/mol. The average molecular weight is 234 g/mol. The third kappa shape index (κ3) is 3.56. The lowest BCUT2D eigenvalue weighted by Gasteiger charge is -2.26. The van der Waals surface area contributed by atoms with Crippen LogP contribution in [0.3, 0.4) is 0 Å². The number of amides is 1. The summed E-state index contributed by atoms with van der Waals surface area (Å²) in [7, 11) is 0. The number of anilines is 1. The predicted octanol–water partition coefficient (Wildman–Crippen LogP) is 2.33. The largest absolute Gasteiger partial charge is 0.330 e. The van der Waals surface area contributed by atoms with Crippen molar-refractivity contribution in [3.05, 3.63) is 29.8 Å². The normalized spacial score (nSPS) is 10.6. The van der Waals surface area contributed by atoms with Crippen LogP contribution in [0.15, 0.2) is 24.3 Å². The van der Waals surface area contributed by atoms with E-state index in [0.717, 1.165) is 17.7 Å². The zero-order valence-corrected chi connectivity index (χ0v) is 10.9. The first kappa shape index (κ1) is 13.7. The number of aryl methyl sites for hydroxylation is 1. The van der Waals surface area contributed by atoms with Gasteiger partial charge in [0, 0.05) is 18.2 Å². The molecule has 1 amide bonds. The summed E-state index contributed by atoms with van der Waals surface area (Å²) in [6.45, 7) is 7.18. The van der Waals surface area contributed by atoms with E-state index in [1.165, 1.54) is 0 Å². The molecule has 0 aromatic heterocycles. The standard InChI is InChI=1S/C14H22N2O/c1-11(2)14(17)16(10-6-9-15)13-8-5-4-7-12(13)3/h4-5,7-8,11H,6,9-10,15H2,1-3H3. The van der Waals surface area contributed by atoms with Gasteiger partial charge in [-0.15, -0.1) is 0 Å². The van der Waals surface area contributed by atoms with Crippen LogP contribution in [-0.4, -0.2) is 19.0 Å². The Morgan fingerprint density at radius 2 is 2.00 bits per heavy atom. The quantitative estimate of drug-likeness (QED) is 0.850. The number of nitrogens with zero attached hydrogens (tertiary/aromatic N) is 1. The minimum atomic E-state index is 0.00683. The summed E-state index contributed by atoms with van der Waals surface area (Å²) in [6.07, 6.45) is 0.826. The van der Waals surface area contributed by atoms with Gasteiger partial charge in [0.25, 0.3) is 0 Å². The molecule has 0 atom stereocenters. The van der Waals surface area contributed by atoms with E-state index in [0.29, 0.717) is 13.1 Å². The SMILES string of the molecule is Cc1ccccc1N(CCCN)C(=O)C(C)C. The molecule has 17 heavy (non-hydrogen) atoms. The monoisotopic (exact) mass is 234 g/mol. The Bertz CT molecular complexity index is 374. The van der Waals surface area contributed by atoms with Gasteiger partial charge in [-0.05, 0) is 31.5 Å². The molecule has 1 aromatic carbocycles. The van der Waals surface area contributed by atoms with Crippen molar-refractivity contribution in [3.63, 3.8) is 0 Å². The van der Waals surface area contributed by atoms with E-state index < -0.39 is 0 Å². The second-order valence-corrected chi connectivity index (χ2v) is 4.57. The summed E-state index contributed by atoms with van der Waals surface area (Å²) in [6, 6.07) is 7.97. The van der Waals surface area contributed by atoms with Crippen molar-refractivity contribution in [2.45, 2.75) is 27.2 Å². The number of hydrogen-bond acceptors (Lipinski definition) is 2. The first-order chi connectivity index (χ1) is 8.07. The lowest BCUT2D eigenvalue weighted by atomic mass is 10.1. The van der Waals surface area contributed by atoms with Crippen LogP contribution in [0.5, 0.6) is 0 Å². The van der Waals surface area contributed by atoms with Gasteiger partial charge < -0.3 is 10.6 Å². The van der Waals surface area contributed by atoms with Crippen molar-refractivity contribution in [2.75, 3.05) is 18.0 Å². The van der Waals surface area contributed by atoms with Crippen molar-refractivity contribution in [1.29, 1.82) is 0 Å². The van der Waals surface area contributed by atoms with Gasteiger partial charge in [-0.1, -0.05) is 32.0 Å². The summed E-state index contributed by atoms with van der Waals surface area (Å²) in [5.74, 6) is 0.167. The molecule has 0 spiro atoms. The average Bonchev–Trinajstić information content (AvgIpc) is 2.31. The maximum Gasteiger partial charge on any atom is 0.229 e. The van der Waals surface area contributed by atoms with Gasteiger partial charge in [0.1, 0.15) is 0 Å². The number of hydrogen-bond donors (Lipinski definition) is 1. The molecule has 3 nitrogen and oxygen atoms in total. The number of carbonyl (C=O) groups is 1. The molecule has 0 unspecified atom stereocenters. The van der Waals surface area contributed by atoms with Crippen LogP contribution >= 0.6 is 0 Å². The molecule has 0 aliphatic heterocycles. The Morgan fingerprint density at radius 3 is 2.53 bits per heavy atom. The molecule has 1 rings (SSSR count). The molecule has 0 heterocycles. The number of nitrogens with two attached hydrogens (primary N) is 1. The molecule has 1 aromatic rings. The predicted molar refractivity (Wildman–Crippen MR) is 72.0 cm³/mol. The molecule has 3 heteroatoms. The van der Waals surface area contributed by atoms with Crippen LogP contribution in [0, 0.1) is 12.8 Å². The molecule has 0 radical (unpaired) electrons. The van der Waals surface area contributed by atoms with Gasteiger partial charge in [-0.3, -0.25) is 4.79 Å². The zero-order valence-electron chi connectivity index (χ0n) is 10.9. The summed E-state index contributed by atoms with van der Waals surface area (Å²) >= 11 is 0. The molecule has 0 fully saturated rings. The highest BCUT2D eigenvalue weighted by atomic mass is 16.2. The van der Waals surface area contributed by atoms with E-state index in [1.54, 1.807) is 0 Å². The number of para-hydroxylation sites is 1. The van der Waals surface area contributed by atoms with Gasteiger partial charge in [0.15, 0.2) is 0 Å². The second kappa shape index (κ2) is 6.40. The molecule has 0 saturated heterocycles. The maximum atomic E-state index is 12.2. The fraction of sp³-hybridized carbons (Fsp3) is 0.500. The molecule has 94 valence electrons. The third-order valence-corrected chi connectivity index (χ3v) is 2.75. The van der Waals surface area contributed by atoms with Crippen molar-refractivity contribution in [1.82, 2.24) is 0 Å². The van der Waals surface area contributed by atoms with E-state index >= 15 is 0 Å². The highest BCUT2D eigenvalue weighted by molar-refractivity contribution is 5.95. The number of carbonyl (C=O) groups excluding carboxylic acids is 1. The molecule has 0 saturated carbocycles. The molecule has 0 aliphatic rings. The zero-order chi connectivity index (χ0) is 12.8. The Hall–Kier alpha value is -1.35. The molecule has 0 bridgehead atoms. The summed E-state index contributed by atoms with van der Waals surface area (Å²) in [5.41, 5.74) is 7.65. The van der Waals surface area contributed by atoms with E-state index in [9.17, 15) is 4.79 Å².